The number of thiophene rings is 2. The second-order valence-electron chi connectivity index (χ2n) is 33.0. The maximum atomic E-state index is 4.59. The summed E-state index contributed by atoms with van der Waals surface area (Å²) in [5, 5.41) is 0. The molecule has 0 radical (unpaired) electrons. The third-order valence-electron chi connectivity index (χ3n) is 24.2. The van der Waals surface area contributed by atoms with Gasteiger partial charge in [-0.2, -0.15) is 17.5 Å². The van der Waals surface area contributed by atoms with E-state index in [0.29, 0.717) is 5.92 Å². The number of hydrogen-bond acceptors (Lipinski definition) is 9. The van der Waals surface area contributed by atoms with Crippen molar-refractivity contribution in [3.63, 3.8) is 0 Å². The van der Waals surface area contributed by atoms with Crippen molar-refractivity contribution in [1.82, 2.24) is 17.5 Å². The standard InChI is InChI=1S/2C27H38.C24H27N.C18H16N2S3.C8H8N2S/c2*1-5-7-9-11-17-27(18-12-10-8-6-2)25-19-21(3)13-15-23(25)24-16-14-22(4)20-26(24)27;1-5-20(4)21-10-16-24(17-11-21)25(22-12-6-18(2)7-13-22)23-14-8-19(3)9-15-23;1-9-7-15(21-11(9)3)13-5-6-14(18-17(13)19-23-20-18)16-8-10(2)12(4)22-16;1-5-3-4-6(2)8-7(5)9-11-10-8/h2*13-16,19-20H,5-12,17-18H2,1-4H3;6-17,20H,5H2,1-4H3;5-8H,1-4H3;3-4H,1-2H3. The number of unbranched alkanes of at least 4 members (excludes halogenated alkanes) is 12. The van der Waals surface area contributed by atoms with Crippen LogP contribution < -0.4 is 4.90 Å². The molecular weight excluding hydrogens is 1450 g/mol. The van der Waals surface area contributed by atoms with Crippen LogP contribution in [0.25, 0.3) is 65.2 Å². The van der Waals surface area contributed by atoms with Gasteiger partial charge in [0.2, 0.25) is 0 Å². The number of fused-ring (bicyclic) bond motifs is 8. The Bertz CT molecular complexity index is 4750. The fraction of sp³-hybridized carbons (Fsp3) is 0.404. The van der Waals surface area contributed by atoms with Gasteiger partial charge in [0.1, 0.15) is 22.1 Å². The number of hydrogen-bond donors (Lipinski definition) is 0. The highest BCUT2D eigenvalue weighted by molar-refractivity contribution is 7.16. The minimum Gasteiger partial charge on any atom is -0.311 e. The molecule has 5 nitrogen and oxygen atoms in total. The van der Waals surface area contributed by atoms with Gasteiger partial charge < -0.3 is 4.90 Å². The zero-order valence-electron chi connectivity index (χ0n) is 71.6. The SMILES string of the molecule is CCC(C)c1ccc(N(c2ccc(C)cc2)c2ccc(C)cc2)cc1.CCCCCCC1(CCCCCC)c2cc(C)ccc2-c2ccc(C)cc21.CCCCCCC1(CCCCCC)c2cc(C)ccc2-c2ccc(C)cc21.Cc1cc(-c2ccc(-c3cc(C)c(C)s3)c3nsnc23)sc1C.Cc1ccc(C)c2nsnc12. The monoisotopic (exact) mass is 1570 g/mol. The lowest BCUT2D eigenvalue weighted by Gasteiger charge is -2.33. The van der Waals surface area contributed by atoms with E-state index in [1.807, 2.05) is 22.7 Å². The summed E-state index contributed by atoms with van der Waals surface area (Å²) in [7, 11) is 0. The van der Waals surface area contributed by atoms with Crippen molar-refractivity contribution in [3.8, 4) is 43.1 Å². The first-order chi connectivity index (χ1) is 54.6. The van der Waals surface area contributed by atoms with E-state index in [1.54, 1.807) is 22.3 Å². The Balaban J connectivity index is 0.000000142. The molecule has 2 aliphatic rings. The van der Waals surface area contributed by atoms with Gasteiger partial charge in [-0.15, -0.1) is 22.7 Å². The molecule has 0 saturated carbocycles. The van der Waals surface area contributed by atoms with Crippen LogP contribution in [0.3, 0.4) is 0 Å². The van der Waals surface area contributed by atoms with E-state index in [0.717, 1.165) is 22.1 Å². The molecule has 113 heavy (non-hydrogen) atoms. The van der Waals surface area contributed by atoms with Gasteiger partial charge in [0.25, 0.3) is 0 Å². The smallest absolute Gasteiger partial charge is 0.114 e. The number of rotatable bonds is 27. The van der Waals surface area contributed by atoms with Crippen LogP contribution in [0.15, 0.2) is 182 Å². The Labute approximate surface area is 696 Å². The van der Waals surface area contributed by atoms with Crippen LogP contribution in [-0.2, 0) is 10.8 Å². The van der Waals surface area contributed by atoms with Gasteiger partial charge in [-0.1, -0.05) is 311 Å². The van der Waals surface area contributed by atoms with E-state index >= 15 is 0 Å². The first kappa shape index (κ1) is 85.7. The van der Waals surface area contributed by atoms with Gasteiger partial charge >= 0.3 is 0 Å². The summed E-state index contributed by atoms with van der Waals surface area (Å²) in [4.78, 5) is 7.61. The molecule has 0 N–H and O–H groups in total. The molecule has 0 aliphatic heterocycles. The summed E-state index contributed by atoms with van der Waals surface area (Å²) < 4.78 is 17.6. The molecule has 2 aliphatic carbocycles. The van der Waals surface area contributed by atoms with E-state index in [-0.39, 0.29) is 10.8 Å². The number of aromatic nitrogens is 4. The Hall–Kier alpha value is -8.18. The van der Waals surface area contributed by atoms with Crippen LogP contribution in [0.5, 0.6) is 0 Å². The Morgan fingerprint density at radius 2 is 0.575 bits per heavy atom. The summed E-state index contributed by atoms with van der Waals surface area (Å²) in [5.41, 5.74) is 37.8. The number of aryl methyl sites for hydroxylation is 12. The summed E-state index contributed by atoms with van der Waals surface area (Å²) in [6, 6.07) is 68.3. The molecular formula is C104H127N5S4. The quantitative estimate of drug-likeness (QED) is 0.0480. The van der Waals surface area contributed by atoms with Gasteiger partial charge in [0.15, 0.2) is 0 Å². The molecule has 0 fully saturated rings. The van der Waals surface area contributed by atoms with Crippen LogP contribution in [0.2, 0.25) is 0 Å². The highest BCUT2D eigenvalue weighted by atomic mass is 32.1. The highest BCUT2D eigenvalue weighted by Gasteiger charge is 2.44. The second kappa shape index (κ2) is 40.4. The minimum atomic E-state index is 0.240. The fourth-order valence-corrected chi connectivity index (χ4v) is 20.4. The molecule has 0 saturated heterocycles. The van der Waals surface area contributed by atoms with Crippen molar-refractivity contribution in [1.29, 1.82) is 0 Å². The van der Waals surface area contributed by atoms with Crippen molar-refractivity contribution in [2.24, 2.45) is 0 Å². The van der Waals surface area contributed by atoms with Crippen LogP contribution in [0.1, 0.15) is 276 Å². The number of nitrogens with zero attached hydrogens (tertiary/aromatic N) is 5. The fourth-order valence-electron chi connectivity index (χ4n) is 17.0. The lowest BCUT2D eigenvalue weighted by molar-refractivity contribution is 0.400. The van der Waals surface area contributed by atoms with E-state index in [1.165, 1.54) is 289 Å². The van der Waals surface area contributed by atoms with Crippen molar-refractivity contribution in [2.75, 3.05) is 4.90 Å². The molecule has 0 bridgehead atoms. The van der Waals surface area contributed by atoms with E-state index in [4.69, 9.17) is 0 Å². The molecule has 0 spiro atoms. The van der Waals surface area contributed by atoms with Crippen LogP contribution >= 0.6 is 46.1 Å². The van der Waals surface area contributed by atoms with Gasteiger partial charge in [0.05, 0.1) is 23.5 Å². The maximum absolute atomic E-state index is 4.59. The predicted molar refractivity (Wildman–Crippen MR) is 498 cm³/mol. The molecule has 1 unspecified atom stereocenters. The van der Waals surface area contributed by atoms with Crippen molar-refractivity contribution >= 4 is 85.3 Å². The topological polar surface area (TPSA) is 54.8 Å². The van der Waals surface area contributed by atoms with Crippen molar-refractivity contribution in [2.45, 2.75) is 276 Å². The number of benzene rings is 9. The average molecular weight is 1580 g/mol. The first-order valence-corrected chi connectivity index (χ1v) is 45.8. The van der Waals surface area contributed by atoms with E-state index < -0.39 is 0 Å². The third-order valence-corrected chi connectivity index (χ3v) is 27.6. The van der Waals surface area contributed by atoms with Crippen LogP contribution in [0.4, 0.5) is 17.1 Å². The predicted octanol–water partition coefficient (Wildman–Crippen LogP) is 33.0. The third kappa shape index (κ3) is 20.4. The van der Waals surface area contributed by atoms with Crippen LogP contribution in [-0.4, -0.2) is 17.5 Å². The summed E-state index contributed by atoms with van der Waals surface area (Å²) in [5.74, 6) is 0.598. The molecule has 592 valence electrons. The summed E-state index contributed by atoms with van der Waals surface area (Å²) in [6.07, 6.45) is 28.0. The minimum absolute atomic E-state index is 0.240. The molecule has 1 atom stereocenters. The van der Waals surface area contributed by atoms with Gasteiger partial charge in [-0.3, -0.25) is 0 Å². The molecule has 9 aromatic carbocycles. The highest BCUT2D eigenvalue weighted by Crippen LogP contribution is 2.57. The normalized spacial score (nSPS) is 12.8. The lowest BCUT2D eigenvalue weighted by atomic mass is 9.70. The van der Waals surface area contributed by atoms with Gasteiger partial charge in [0, 0.05) is 58.5 Å². The molecule has 15 rings (SSSR count). The van der Waals surface area contributed by atoms with Crippen molar-refractivity contribution in [3.05, 3.63) is 275 Å². The van der Waals surface area contributed by atoms with E-state index in [2.05, 4.69) is 329 Å². The molecule has 4 aromatic heterocycles. The zero-order valence-corrected chi connectivity index (χ0v) is 74.9. The molecule has 0 amide bonds. The van der Waals surface area contributed by atoms with Gasteiger partial charge in [-0.25, -0.2) is 0 Å². The molecule has 13 aromatic rings. The average Bonchev–Trinajstić information content (AvgIpc) is 1.57. The molecule has 9 heteroatoms. The number of anilines is 3. The summed E-state index contributed by atoms with van der Waals surface area (Å²) in [6.45, 7) is 39.8. The maximum Gasteiger partial charge on any atom is 0.114 e. The largest absolute Gasteiger partial charge is 0.311 e. The zero-order chi connectivity index (χ0) is 80.3. The Kier molecular flexibility index (Phi) is 30.6. The van der Waals surface area contributed by atoms with E-state index in [9.17, 15) is 0 Å². The first-order valence-electron chi connectivity index (χ1n) is 42.7. The summed E-state index contributed by atoms with van der Waals surface area (Å²) >= 11 is 6.25. The second-order valence-corrected chi connectivity index (χ2v) is 36.6. The molecule has 4 heterocycles. The van der Waals surface area contributed by atoms with Crippen LogP contribution in [0, 0.1) is 83.1 Å². The lowest BCUT2D eigenvalue weighted by Crippen LogP contribution is -2.25. The Morgan fingerprint density at radius 3 is 0.858 bits per heavy atom. The van der Waals surface area contributed by atoms with Gasteiger partial charge in [-0.05, 0) is 242 Å². The Morgan fingerprint density at radius 1 is 0.292 bits per heavy atom. The van der Waals surface area contributed by atoms with Crippen molar-refractivity contribution < 1.29 is 0 Å².